The average Bonchev–Trinajstić information content (AvgIpc) is 2.43. The molecule has 6 nitrogen and oxygen atoms in total. The van der Waals surface area contributed by atoms with Crippen molar-refractivity contribution in [3.8, 4) is 5.88 Å². The molecule has 0 unspecified atom stereocenters. The summed E-state index contributed by atoms with van der Waals surface area (Å²) in [6.45, 7) is 1.79. The van der Waals surface area contributed by atoms with E-state index in [-0.39, 0.29) is 0 Å². The van der Waals surface area contributed by atoms with Crippen LogP contribution in [0.3, 0.4) is 0 Å². The van der Waals surface area contributed by atoms with Crippen LogP contribution in [0.5, 0.6) is 5.88 Å². The van der Waals surface area contributed by atoms with Gasteiger partial charge in [-0.2, -0.15) is 13.2 Å². The largest absolute Gasteiger partial charge is 0.469 e. The van der Waals surface area contributed by atoms with Gasteiger partial charge in [0.2, 0.25) is 0 Å². The topological polar surface area (TPSA) is 70.2 Å². The van der Waals surface area contributed by atoms with Crippen molar-refractivity contribution in [2.75, 3.05) is 0 Å². The number of nitrogens with zero attached hydrogens (tertiary/aromatic N) is 3. The maximum absolute atomic E-state index is 12.1. The van der Waals surface area contributed by atoms with Crippen LogP contribution in [0, 0.1) is 10.1 Å². The molecule has 9 heteroatoms. The van der Waals surface area contributed by atoms with Gasteiger partial charge in [0.1, 0.15) is 12.7 Å². The Morgan fingerprint density at radius 2 is 2.18 bits per heavy atom. The summed E-state index contributed by atoms with van der Waals surface area (Å²) in [6.07, 6.45) is -4.21. The molecule has 0 aliphatic carbocycles. The van der Waals surface area contributed by atoms with Crippen molar-refractivity contribution in [3.63, 3.8) is 0 Å². The molecule has 0 amide bonds. The van der Waals surface area contributed by atoms with E-state index in [9.17, 15) is 23.3 Å². The van der Waals surface area contributed by atoms with Crippen molar-refractivity contribution in [1.29, 1.82) is 0 Å². The number of hydrogen-bond donors (Lipinski definition) is 0. The lowest BCUT2D eigenvalue weighted by atomic mass is 10.5. The Morgan fingerprint density at radius 3 is 2.59 bits per heavy atom. The molecule has 0 spiro atoms. The standard InChI is InChI=1S/C8H10F3N3O3/c1-5(2)17-7-6(14(15)16)3-13(12-7)4-8(9,10)11/h3,5H,4H2,1-2H3. The lowest BCUT2D eigenvalue weighted by Gasteiger charge is -2.06. The van der Waals surface area contributed by atoms with Gasteiger partial charge in [0.05, 0.1) is 11.0 Å². The average molecular weight is 253 g/mol. The molecule has 0 aliphatic heterocycles. The van der Waals surface area contributed by atoms with Crippen LogP contribution in [0.25, 0.3) is 0 Å². The van der Waals surface area contributed by atoms with Crippen molar-refractivity contribution in [3.05, 3.63) is 16.3 Å². The molecule has 0 fully saturated rings. The van der Waals surface area contributed by atoms with E-state index in [1.54, 1.807) is 13.8 Å². The summed E-state index contributed by atoms with van der Waals surface area (Å²) < 4.78 is 41.6. The molecule has 0 radical (unpaired) electrons. The lowest BCUT2D eigenvalue weighted by Crippen LogP contribution is -2.18. The zero-order chi connectivity index (χ0) is 13.2. The fraction of sp³-hybridized carbons (Fsp3) is 0.625. The summed E-state index contributed by atoms with van der Waals surface area (Å²) in [6, 6.07) is 0. The second kappa shape index (κ2) is 4.60. The summed E-state index contributed by atoms with van der Waals surface area (Å²) in [4.78, 5) is 9.74. The Kier molecular flexibility index (Phi) is 3.59. The first-order valence-corrected chi connectivity index (χ1v) is 4.64. The number of ether oxygens (including phenoxy) is 1. The van der Waals surface area contributed by atoms with Gasteiger partial charge in [-0.15, -0.1) is 5.10 Å². The zero-order valence-electron chi connectivity index (χ0n) is 9.06. The Labute approximate surface area is 94.1 Å². The summed E-state index contributed by atoms with van der Waals surface area (Å²) in [5, 5.41) is 14.0. The SMILES string of the molecule is CC(C)Oc1nn(CC(F)(F)F)cc1[N+](=O)[O-]. The number of nitro groups is 1. The third-order valence-corrected chi connectivity index (χ3v) is 1.60. The summed E-state index contributed by atoms with van der Waals surface area (Å²) in [7, 11) is 0. The van der Waals surface area contributed by atoms with Gasteiger partial charge in [-0.1, -0.05) is 0 Å². The highest BCUT2D eigenvalue weighted by Crippen LogP contribution is 2.27. The Hall–Kier alpha value is -1.80. The molecule has 1 heterocycles. The quantitative estimate of drug-likeness (QED) is 0.608. The van der Waals surface area contributed by atoms with Crippen molar-refractivity contribution >= 4 is 5.69 Å². The molecular weight excluding hydrogens is 243 g/mol. The van der Waals surface area contributed by atoms with Gasteiger partial charge in [0.25, 0.3) is 0 Å². The molecule has 0 N–H and O–H groups in total. The smallest absolute Gasteiger partial charge is 0.408 e. The van der Waals surface area contributed by atoms with Crippen LogP contribution < -0.4 is 4.74 Å². The summed E-state index contributed by atoms with van der Waals surface area (Å²) >= 11 is 0. The third-order valence-electron chi connectivity index (χ3n) is 1.60. The number of alkyl halides is 3. The van der Waals surface area contributed by atoms with E-state index in [4.69, 9.17) is 4.74 Å². The highest BCUT2D eigenvalue weighted by molar-refractivity contribution is 5.38. The second-order valence-corrected chi connectivity index (χ2v) is 3.56. The molecule has 96 valence electrons. The van der Waals surface area contributed by atoms with Crippen molar-refractivity contribution in [1.82, 2.24) is 9.78 Å². The first-order chi connectivity index (χ1) is 7.69. The van der Waals surface area contributed by atoms with E-state index in [1.807, 2.05) is 0 Å². The fourth-order valence-corrected chi connectivity index (χ4v) is 1.09. The number of halogens is 3. The van der Waals surface area contributed by atoms with Gasteiger partial charge in [0.15, 0.2) is 0 Å². The van der Waals surface area contributed by atoms with Crippen LogP contribution in [0.2, 0.25) is 0 Å². The number of rotatable bonds is 4. The predicted octanol–water partition coefficient (Wildman–Crippen LogP) is 2.14. The van der Waals surface area contributed by atoms with E-state index in [0.717, 1.165) is 0 Å². The van der Waals surface area contributed by atoms with E-state index in [2.05, 4.69) is 5.10 Å². The normalized spacial score (nSPS) is 11.9. The lowest BCUT2D eigenvalue weighted by molar-refractivity contribution is -0.386. The molecule has 0 aliphatic rings. The van der Waals surface area contributed by atoms with Gasteiger partial charge < -0.3 is 4.74 Å². The second-order valence-electron chi connectivity index (χ2n) is 3.56. The number of aromatic nitrogens is 2. The van der Waals surface area contributed by atoms with Crippen molar-refractivity contribution in [2.24, 2.45) is 0 Å². The van der Waals surface area contributed by atoms with Crippen molar-refractivity contribution < 1.29 is 22.8 Å². The molecule has 0 atom stereocenters. The van der Waals surface area contributed by atoms with Crippen LogP contribution in [-0.2, 0) is 6.54 Å². The maximum Gasteiger partial charge on any atom is 0.408 e. The van der Waals surface area contributed by atoms with Crippen LogP contribution in [0.1, 0.15) is 13.8 Å². The Balaban J connectivity index is 3.00. The van der Waals surface area contributed by atoms with Gasteiger partial charge in [-0.3, -0.25) is 14.8 Å². The number of hydrogen-bond acceptors (Lipinski definition) is 4. The van der Waals surface area contributed by atoms with E-state index < -0.39 is 35.3 Å². The molecule has 0 aromatic carbocycles. The minimum atomic E-state index is -4.49. The van der Waals surface area contributed by atoms with Gasteiger partial charge in [-0.05, 0) is 13.8 Å². The molecule has 1 aromatic heterocycles. The first kappa shape index (κ1) is 13.3. The van der Waals surface area contributed by atoms with Gasteiger partial charge >= 0.3 is 17.7 Å². The monoisotopic (exact) mass is 253 g/mol. The van der Waals surface area contributed by atoms with E-state index >= 15 is 0 Å². The minimum Gasteiger partial charge on any atom is -0.469 e. The highest BCUT2D eigenvalue weighted by Gasteiger charge is 2.31. The van der Waals surface area contributed by atoms with E-state index in [0.29, 0.717) is 10.9 Å². The highest BCUT2D eigenvalue weighted by atomic mass is 19.4. The Bertz CT molecular complexity index is 414. The molecule has 0 saturated carbocycles. The molecule has 17 heavy (non-hydrogen) atoms. The maximum atomic E-state index is 12.1. The minimum absolute atomic E-state index is 0.408. The molecule has 1 rings (SSSR count). The molecular formula is C8H10F3N3O3. The zero-order valence-corrected chi connectivity index (χ0v) is 9.06. The van der Waals surface area contributed by atoms with Gasteiger partial charge in [-0.25, -0.2) is 0 Å². The third kappa shape index (κ3) is 3.93. The van der Waals surface area contributed by atoms with Crippen LogP contribution in [-0.4, -0.2) is 27.0 Å². The Morgan fingerprint density at radius 1 is 1.59 bits per heavy atom. The van der Waals surface area contributed by atoms with Crippen LogP contribution >= 0.6 is 0 Å². The van der Waals surface area contributed by atoms with E-state index in [1.165, 1.54) is 0 Å². The fourth-order valence-electron chi connectivity index (χ4n) is 1.09. The summed E-state index contributed by atoms with van der Waals surface area (Å²) in [5.74, 6) is -0.408. The molecule has 0 saturated heterocycles. The molecule has 1 aromatic rings. The van der Waals surface area contributed by atoms with Crippen LogP contribution in [0.4, 0.5) is 18.9 Å². The van der Waals surface area contributed by atoms with Crippen molar-refractivity contribution in [2.45, 2.75) is 32.7 Å². The summed E-state index contributed by atoms with van der Waals surface area (Å²) in [5.41, 5.74) is -0.581. The molecule has 0 bridgehead atoms. The van der Waals surface area contributed by atoms with Gasteiger partial charge in [0, 0.05) is 0 Å². The first-order valence-electron chi connectivity index (χ1n) is 4.64. The van der Waals surface area contributed by atoms with Crippen LogP contribution in [0.15, 0.2) is 6.20 Å². The predicted molar refractivity (Wildman–Crippen MR) is 50.7 cm³/mol.